The first-order valence-electron chi connectivity index (χ1n) is 11.6. The van der Waals surface area contributed by atoms with E-state index in [0.29, 0.717) is 24.7 Å². The second-order valence-corrected chi connectivity index (χ2v) is 9.24. The molecule has 3 aliphatic rings. The minimum Gasteiger partial charge on any atom is -0.484 e. The van der Waals surface area contributed by atoms with Gasteiger partial charge in [0.25, 0.3) is 5.91 Å². The van der Waals surface area contributed by atoms with E-state index < -0.39 is 0 Å². The number of amides is 2. The van der Waals surface area contributed by atoms with E-state index in [2.05, 4.69) is 29.2 Å². The molecule has 3 fully saturated rings. The zero-order chi connectivity index (χ0) is 22.1. The molecule has 0 radical (unpaired) electrons. The molecule has 2 aromatic rings. The molecular formula is C26H29FN2O3. The van der Waals surface area contributed by atoms with Crippen molar-refractivity contribution in [3.05, 3.63) is 66.0 Å². The van der Waals surface area contributed by atoms with Crippen molar-refractivity contribution in [2.24, 2.45) is 5.41 Å². The second-order valence-electron chi connectivity index (χ2n) is 9.24. The molecule has 2 saturated heterocycles. The molecule has 2 aromatic carbocycles. The van der Waals surface area contributed by atoms with E-state index in [0.717, 1.165) is 38.5 Å². The van der Waals surface area contributed by atoms with E-state index in [1.165, 1.54) is 29.8 Å². The number of rotatable bonds is 5. The molecule has 0 aromatic heterocycles. The molecule has 5 nitrogen and oxygen atoms in total. The smallest absolute Gasteiger partial charge is 0.260 e. The minimum absolute atomic E-state index is 0.0608. The normalized spacial score (nSPS) is 22.8. The lowest BCUT2D eigenvalue weighted by atomic mass is 9.65. The van der Waals surface area contributed by atoms with E-state index in [1.54, 1.807) is 0 Å². The molecule has 0 bridgehead atoms. The van der Waals surface area contributed by atoms with Crippen molar-refractivity contribution in [1.82, 2.24) is 9.80 Å². The summed E-state index contributed by atoms with van der Waals surface area (Å²) in [5, 5.41) is 0. The monoisotopic (exact) mass is 436 g/mol. The van der Waals surface area contributed by atoms with E-state index in [4.69, 9.17) is 4.74 Å². The summed E-state index contributed by atoms with van der Waals surface area (Å²) >= 11 is 0. The van der Waals surface area contributed by atoms with Crippen molar-refractivity contribution in [1.29, 1.82) is 0 Å². The van der Waals surface area contributed by atoms with Gasteiger partial charge in [0.2, 0.25) is 5.91 Å². The molecule has 1 unspecified atom stereocenters. The molecule has 0 N–H and O–H groups in total. The number of nitrogens with zero attached hydrogens (tertiary/aromatic N) is 2. The summed E-state index contributed by atoms with van der Waals surface area (Å²) in [5.41, 5.74) is 1.03. The summed E-state index contributed by atoms with van der Waals surface area (Å²) in [6.45, 7) is 1.18. The molecule has 1 saturated carbocycles. The predicted octanol–water partition coefficient (Wildman–Crippen LogP) is 4.34. The number of benzene rings is 2. The summed E-state index contributed by atoms with van der Waals surface area (Å²) in [6, 6.07) is 16.4. The molecular weight excluding hydrogens is 407 g/mol. The van der Waals surface area contributed by atoms with Gasteiger partial charge < -0.3 is 14.5 Å². The first-order valence-corrected chi connectivity index (χ1v) is 11.6. The molecule has 1 aliphatic carbocycles. The van der Waals surface area contributed by atoms with Crippen molar-refractivity contribution >= 4 is 11.8 Å². The van der Waals surface area contributed by atoms with Crippen molar-refractivity contribution in [2.45, 2.75) is 50.6 Å². The van der Waals surface area contributed by atoms with Gasteiger partial charge in [0, 0.05) is 19.1 Å². The minimum atomic E-state index is -0.334. The third kappa shape index (κ3) is 3.65. The van der Waals surface area contributed by atoms with Crippen LogP contribution in [0.25, 0.3) is 0 Å². The second kappa shape index (κ2) is 8.57. The van der Waals surface area contributed by atoms with Crippen molar-refractivity contribution in [2.75, 3.05) is 19.7 Å². The molecule has 32 heavy (non-hydrogen) atoms. The zero-order valence-corrected chi connectivity index (χ0v) is 18.2. The number of β-lactam (4-membered cyclic amide) rings is 1. The number of likely N-dealkylation sites (tertiary alicyclic amines) is 2. The van der Waals surface area contributed by atoms with Gasteiger partial charge in [-0.2, -0.15) is 0 Å². The fourth-order valence-electron chi connectivity index (χ4n) is 5.84. The molecule has 2 amide bonds. The molecule has 5 rings (SSSR count). The highest BCUT2D eigenvalue weighted by molar-refractivity contribution is 5.91. The van der Waals surface area contributed by atoms with E-state index >= 15 is 0 Å². The Morgan fingerprint density at radius 2 is 1.66 bits per heavy atom. The summed E-state index contributed by atoms with van der Waals surface area (Å²) < 4.78 is 18.5. The van der Waals surface area contributed by atoms with Gasteiger partial charge in [-0.25, -0.2) is 4.39 Å². The van der Waals surface area contributed by atoms with Crippen LogP contribution in [-0.4, -0.2) is 47.4 Å². The zero-order valence-electron chi connectivity index (χ0n) is 18.2. The Balaban J connectivity index is 1.21. The van der Waals surface area contributed by atoms with Gasteiger partial charge in [-0.3, -0.25) is 9.59 Å². The summed E-state index contributed by atoms with van der Waals surface area (Å²) in [7, 11) is 0. The fraction of sp³-hybridized carbons (Fsp3) is 0.462. The Morgan fingerprint density at radius 1 is 1.00 bits per heavy atom. The van der Waals surface area contributed by atoms with Crippen LogP contribution in [-0.2, 0) is 9.59 Å². The van der Waals surface area contributed by atoms with E-state index in [9.17, 15) is 14.0 Å². The molecule has 168 valence electrons. The van der Waals surface area contributed by atoms with Gasteiger partial charge in [-0.05, 0) is 55.5 Å². The largest absolute Gasteiger partial charge is 0.484 e. The van der Waals surface area contributed by atoms with Gasteiger partial charge in [0.1, 0.15) is 11.6 Å². The van der Waals surface area contributed by atoms with Crippen LogP contribution in [0.1, 0.15) is 50.1 Å². The highest BCUT2D eigenvalue weighted by atomic mass is 19.1. The standard InChI is InChI=1S/C26H29FN2O3/c27-20-8-10-22(11-9-20)32-18-23(30)28-16-12-21(13-17-28)29-24(19-6-2-1-3-7-19)26(25(29)31)14-4-5-15-26/h1-3,6-11,21,24H,4-5,12-18H2. The highest BCUT2D eigenvalue weighted by Crippen LogP contribution is 2.60. The van der Waals surface area contributed by atoms with Gasteiger partial charge in [-0.1, -0.05) is 43.2 Å². The Morgan fingerprint density at radius 3 is 2.31 bits per heavy atom. The number of hydrogen-bond acceptors (Lipinski definition) is 3. The third-order valence-electron chi connectivity index (χ3n) is 7.46. The van der Waals surface area contributed by atoms with Crippen LogP contribution in [0.2, 0.25) is 0 Å². The SMILES string of the molecule is O=C(COc1ccc(F)cc1)N1CCC(N2C(=O)C3(CCCC3)C2c2ccccc2)CC1. The lowest BCUT2D eigenvalue weighted by Gasteiger charge is -2.59. The van der Waals surface area contributed by atoms with E-state index in [-0.39, 0.29) is 35.8 Å². The average Bonchev–Trinajstić information content (AvgIpc) is 3.35. The maximum Gasteiger partial charge on any atom is 0.260 e. The Hall–Kier alpha value is -2.89. The summed E-state index contributed by atoms with van der Waals surface area (Å²) in [5.74, 6) is 0.385. The van der Waals surface area contributed by atoms with Gasteiger partial charge >= 0.3 is 0 Å². The van der Waals surface area contributed by atoms with Crippen LogP contribution in [0.3, 0.4) is 0 Å². The van der Waals surface area contributed by atoms with Crippen molar-refractivity contribution in [3.63, 3.8) is 0 Å². The van der Waals surface area contributed by atoms with Gasteiger partial charge in [0.15, 0.2) is 6.61 Å². The Bertz CT molecular complexity index is 964. The molecule has 2 heterocycles. The van der Waals surface area contributed by atoms with Crippen LogP contribution >= 0.6 is 0 Å². The number of halogens is 1. The molecule has 1 spiro atoms. The van der Waals surface area contributed by atoms with Crippen molar-refractivity contribution in [3.8, 4) is 5.75 Å². The Labute approximate surface area is 188 Å². The maximum absolute atomic E-state index is 13.4. The van der Waals surface area contributed by atoms with Crippen LogP contribution in [0.15, 0.2) is 54.6 Å². The average molecular weight is 437 g/mol. The molecule has 1 atom stereocenters. The van der Waals surface area contributed by atoms with Crippen LogP contribution in [0.5, 0.6) is 5.75 Å². The summed E-state index contributed by atoms with van der Waals surface area (Å²) in [6.07, 6.45) is 5.80. The first kappa shape index (κ1) is 21.0. The topological polar surface area (TPSA) is 49.9 Å². The predicted molar refractivity (Wildman–Crippen MR) is 118 cm³/mol. The third-order valence-corrected chi connectivity index (χ3v) is 7.46. The fourth-order valence-corrected chi connectivity index (χ4v) is 5.84. The number of hydrogen-bond donors (Lipinski definition) is 0. The quantitative estimate of drug-likeness (QED) is 0.655. The van der Waals surface area contributed by atoms with Crippen molar-refractivity contribution < 1.29 is 18.7 Å². The maximum atomic E-state index is 13.4. The molecule has 6 heteroatoms. The number of piperidine rings is 1. The number of carbonyl (C=O) groups is 2. The number of ether oxygens (including phenoxy) is 1. The highest BCUT2D eigenvalue weighted by Gasteiger charge is 2.63. The number of carbonyl (C=O) groups excluding carboxylic acids is 2. The first-order chi connectivity index (χ1) is 15.6. The van der Waals surface area contributed by atoms with E-state index in [1.807, 2.05) is 11.0 Å². The van der Waals surface area contributed by atoms with Gasteiger partial charge in [-0.15, -0.1) is 0 Å². The van der Waals surface area contributed by atoms with Crippen LogP contribution < -0.4 is 4.74 Å². The lowest BCUT2D eigenvalue weighted by Crippen LogP contribution is -2.66. The summed E-state index contributed by atoms with van der Waals surface area (Å²) in [4.78, 5) is 29.9. The van der Waals surface area contributed by atoms with Crippen LogP contribution in [0, 0.1) is 11.2 Å². The van der Waals surface area contributed by atoms with Crippen LogP contribution in [0.4, 0.5) is 4.39 Å². The Kier molecular flexibility index (Phi) is 5.62. The molecule has 2 aliphatic heterocycles. The van der Waals surface area contributed by atoms with Gasteiger partial charge in [0.05, 0.1) is 11.5 Å². The lowest BCUT2D eigenvalue weighted by molar-refractivity contribution is -0.181.